The van der Waals surface area contributed by atoms with Gasteiger partial charge in [0.25, 0.3) is 0 Å². The second-order valence-electron chi connectivity index (χ2n) is 6.26. The number of hydrogen-bond donors (Lipinski definition) is 1. The highest BCUT2D eigenvalue weighted by atomic mass is 19.1. The van der Waals surface area contributed by atoms with Crippen molar-refractivity contribution in [3.05, 3.63) is 29.6 Å². The van der Waals surface area contributed by atoms with E-state index in [0.29, 0.717) is 29.2 Å². The van der Waals surface area contributed by atoms with E-state index in [-0.39, 0.29) is 11.9 Å². The van der Waals surface area contributed by atoms with Crippen molar-refractivity contribution in [2.24, 2.45) is 11.8 Å². The first-order valence-electron chi connectivity index (χ1n) is 7.62. The summed E-state index contributed by atoms with van der Waals surface area (Å²) in [5, 5.41) is 3.32. The van der Waals surface area contributed by atoms with E-state index in [4.69, 9.17) is 4.74 Å². The summed E-state index contributed by atoms with van der Waals surface area (Å²) in [5.41, 5.74) is 0.639. The van der Waals surface area contributed by atoms with Gasteiger partial charge < -0.3 is 10.1 Å². The number of likely N-dealkylation sites (N-methyl/N-ethyl adjacent to an activating group) is 1. The second kappa shape index (κ2) is 6.57. The maximum Gasteiger partial charge on any atom is 0.167 e. The summed E-state index contributed by atoms with van der Waals surface area (Å²) in [6.45, 7) is 6.29. The van der Waals surface area contributed by atoms with Gasteiger partial charge in [0.05, 0.1) is 0 Å². The van der Waals surface area contributed by atoms with E-state index in [0.717, 1.165) is 12.8 Å². The van der Waals surface area contributed by atoms with Crippen LogP contribution in [0.2, 0.25) is 0 Å². The molecule has 1 fully saturated rings. The lowest BCUT2D eigenvalue weighted by atomic mass is 9.78. The molecule has 1 aromatic carbocycles. The molecule has 0 spiro atoms. The molecule has 0 heterocycles. The van der Waals surface area contributed by atoms with Crippen molar-refractivity contribution < 1.29 is 9.13 Å². The summed E-state index contributed by atoms with van der Waals surface area (Å²) < 4.78 is 20.1. The van der Waals surface area contributed by atoms with E-state index in [1.807, 2.05) is 13.1 Å². The van der Waals surface area contributed by atoms with Crippen LogP contribution in [0.3, 0.4) is 0 Å². The van der Waals surface area contributed by atoms with Gasteiger partial charge >= 0.3 is 0 Å². The maximum absolute atomic E-state index is 14.1. The van der Waals surface area contributed by atoms with Gasteiger partial charge in [-0.2, -0.15) is 0 Å². The first kappa shape index (κ1) is 15.3. The van der Waals surface area contributed by atoms with Crippen molar-refractivity contribution >= 4 is 0 Å². The van der Waals surface area contributed by atoms with Crippen LogP contribution >= 0.6 is 0 Å². The van der Waals surface area contributed by atoms with Crippen LogP contribution in [-0.2, 0) is 0 Å². The zero-order chi connectivity index (χ0) is 14.7. The number of ether oxygens (including phenoxy) is 1. The molecule has 112 valence electrons. The van der Waals surface area contributed by atoms with Crippen LogP contribution in [0, 0.1) is 24.6 Å². The van der Waals surface area contributed by atoms with Gasteiger partial charge in [-0.3, -0.25) is 0 Å². The summed E-state index contributed by atoms with van der Waals surface area (Å²) in [4.78, 5) is 0. The van der Waals surface area contributed by atoms with Crippen LogP contribution in [-0.4, -0.2) is 19.2 Å². The van der Waals surface area contributed by atoms with Crippen molar-refractivity contribution in [2.45, 2.75) is 52.2 Å². The highest BCUT2D eigenvalue weighted by Gasteiger charge is 2.32. The molecule has 0 aliphatic heterocycles. The lowest BCUT2D eigenvalue weighted by Crippen LogP contribution is -2.46. The molecule has 0 saturated heterocycles. The second-order valence-corrected chi connectivity index (χ2v) is 6.26. The van der Waals surface area contributed by atoms with Crippen LogP contribution in [0.4, 0.5) is 4.39 Å². The Balaban J connectivity index is 2.13. The Hall–Kier alpha value is -1.09. The Morgan fingerprint density at radius 1 is 1.30 bits per heavy atom. The van der Waals surface area contributed by atoms with E-state index < -0.39 is 0 Å². The molecule has 20 heavy (non-hydrogen) atoms. The average Bonchev–Trinajstić information content (AvgIpc) is 2.43. The number of aryl methyl sites for hydroxylation is 1. The molecule has 1 saturated carbocycles. The Morgan fingerprint density at radius 2 is 2.05 bits per heavy atom. The molecule has 3 heteroatoms. The Bertz CT molecular complexity index is 447. The molecular weight excluding hydrogens is 253 g/mol. The monoisotopic (exact) mass is 279 g/mol. The summed E-state index contributed by atoms with van der Waals surface area (Å²) in [6.07, 6.45) is 3.37. The van der Waals surface area contributed by atoms with E-state index in [9.17, 15) is 4.39 Å². The fraction of sp³-hybridized carbons (Fsp3) is 0.647. The van der Waals surface area contributed by atoms with Gasteiger partial charge in [0.2, 0.25) is 0 Å². The number of halogens is 1. The molecule has 2 rings (SSSR count). The van der Waals surface area contributed by atoms with Gasteiger partial charge in [-0.1, -0.05) is 26.0 Å². The van der Waals surface area contributed by atoms with Gasteiger partial charge in [-0.25, -0.2) is 4.39 Å². The third-order valence-corrected chi connectivity index (χ3v) is 4.58. The molecule has 3 unspecified atom stereocenters. The van der Waals surface area contributed by atoms with Gasteiger partial charge in [-0.05, 0) is 56.7 Å². The standard InChI is InChI=1S/C17H26FNO/c1-11(2)13-8-9-14(19-4)16(10-13)20-15-7-5-6-12(3)17(15)18/h5-7,11,13-14,16,19H,8-10H2,1-4H3. The summed E-state index contributed by atoms with van der Waals surface area (Å²) in [5.74, 6) is 1.48. The van der Waals surface area contributed by atoms with E-state index >= 15 is 0 Å². The van der Waals surface area contributed by atoms with Crippen molar-refractivity contribution in [3.63, 3.8) is 0 Å². The highest BCUT2D eigenvalue weighted by Crippen LogP contribution is 2.33. The highest BCUT2D eigenvalue weighted by molar-refractivity contribution is 5.30. The molecule has 0 bridgehead atoms. The minimum atomic E-state index is -0.228. The van der Waals surface area contributed by atoms with Crippen molar-refractivity contribution in [3.8, 4) is 5.75 Å². The summed E-state index contributed by atoms with van der Waals surface area (Å²) in [6, 6.07) is 5.67. The topological polar surface area (TPSA) is 21.3 Å². The lowest BCUT2D eigenvalue weighted by Gasteiger charge is -2.37. The number of nitrogens with one attached hydrogen (secondary N) is 1. The third kappa shape index (κ3) is 3.32. The van der Waals surface area contributed by atoms with Crippen molar-refractivity contribution in [1.82, 2.24) is 5.32 Å². The molecule has 1 N–H and O–H groups in total. The van der Waals surface area contributed by atoms with Crippen LogP contribution < -0.4 is 10.1 Å². The molecule has 2 nitrogen and oxygen atoms in total. The molecule has 0 aromatic heterocycles. The quantitative estimate of drug-likeness (QED) is 0.902. The smallest absolute Gasteiger partial charge is 0.167 e. The number of rotatable bonds is 4. The number of hydrogen-bond acceptors (Lipinski definition) is 2. The summed E-state index contributed by atoms with van der Waals surface area (Å²) in [7, 11) is 1.96. The van der Waals surface area contributed by atoms with Gasteiger partial charge in [-0.15, -0.1) is 0 Å². The van der Waals surface area contributed by atoms with Crippen molar-refractivity contribution in [1.29, 1.82) is 0 Å². The third-order valence-electron chi connectivity index (χ3n) is 4.58. The molecular formula is C17H26FNO. The van der Waals surface area contributed by atoms with Gasteiger partial charge in [0.15, 0.2) is 11.6 Å². The SMILES string of the molecule is CNC1CCC(C(C)C)CC1Oc1cccc(C)c1F. The molecule has 0 radical (unpaired) electrons. The number of benzene rings is 1. The molecule has 1 aliphatic carbocycles. The van der Waals surface area contributed by atoms with Gasteiger partial charge in [0.1, 0.15) is 6.10 Å². The lowest BCUT2D eigenvalue weighted by molar-refractivity contribution is 0.0716. The van der Waals surface area contributed by atoms with Gasteiger partial charge in [0, 0.05) is 6.04 Å². The fourth-order valence-electron chi connectivity index (χ4n) is 3.10. The summed E-state index contributed by atoms with van der Waals surface area (Å²) >= 11 is 0. The Labute approximate surface area is 121 Å². The average molecular weight is 279 g/mol. The minimum absolute atomic E-state index is 0.0532. The Morgan fingerprint density at radius 3 is 2.70 bits per heavy atom. The Kier molecular flexibility index (Phi) is 5.03. The first-order valence-corrected chi connectivity index (χ1v) is 7.62. The first-order chi connectivity index (χ1) is 9.52. The molecule has 1 aromatic rings. The zero-order valence-corrected chi connectivity index (χ0v) is 12.9. The molecule has 3 atom stereocenters. The largest absolute Gasteiger partial charge is 0.486 e. The van der Waals surface area contributed by atoms with E-state index in [1.54, 1.807) is 19.1 Å². The minimum Gasteiger partial charge on any atom is -0.486 e. The molecule has 0 amide bonds. The van der Waals surface area contributed by atoms with Crippen LogP contribution in [0.1, 0.15) is 38.7 Å². The predicted octanol–water partition coefficient (Wildman–Crippen LogP) is 3.93. The van der Waals surface area contributed by atoms with Crippen LogP contribution in [0.25, 0.3) is 0 Å². The maximum atomic E-state index is 14.1. The van der Waals surface area contributed by atoms with E-state index in [2.05, 4.69) is 19.2 Å². The van der Waals surface area contributed by atoms with E-state index in [1.165, 1.54) is 6.42 Å². The fourth-order valence-corrected chi connectivity index (χ4v) is 3.10. The normalized spacial score (nSPS) is 26.8. The van der Waals surface area contributed by atoms with Crippen LogP contribution in [0.15, 0.2) is 18.2 Å². The van der Waals surface area contributed by atoms with Crippen molar-refractivity contribution in [2.75, 3.05) is 7.05 Å². The van der Waals surface area contributed by atoms with Crippen LogP contribution in [0.5, 0.6) is 5.75 Å². The zero-order valence-electron chi connectivity index (χ0n) is 12.9. The molecule has 1 aliphatic rings. The predicted molar refractivity (Wildman–Crippen MR) is 80.6 cm³/mol.